The van der Waals surface area contributed by atoms with Gasteiger partial charge in [-0.15, -0.1) is 0 Å². The predicted molar refractivity (Wildman–Crippen MR) is 91.1 cm³/mol. The van der Waals surface area contributed by atoms with Gasteiger partial charge in [-0.25, -0.2) is 4.79 Å². The first kappa shape index (κ1) is 18.9. The Balaban J connectivity index is 2.30. The van der Waals surface area contributed by atoms with Gasteiger partial charge >= 0.3 is 6.03 Å². The molecule has 0 aliphatic carbocycles. The number of amides is 3. The van der Waals surface area contributed by atoms with E-state index in [0.717, 1.165) is 12.1 Å². The molecule has 0 aliphatic heterocycles. The van der Waals surface area contributed by atoms with E-state index < -0.39 is 0 Å². The van der Waals surface area contributed by atoms with Gasteiger partial charge in [-0.2, -0.15) is 0 Å². The third-order valence-electron chi connectivity index (χ3n) is 3.88. The van der Waals surface area contributed by atoms with E-state index in [-0.39, 0.29) is 18.5 Å². The quantitative estimate of drug-likeness (QED) is 0.794. The summed E-state index contributed by atoms with van der Waals surface area (Å²) in [7, 11) is 3.48. The number of pyridine rings is 1. The van der Waals surface area contributed by atoms with Gasteiger partial charge in [0.05, 0.1) is 6.54 Å². The standard InChI is InChI=1S/C17H28N4O2/c1-5-14(2)13-21(4)17(23)19-12-16(22)20(3)11-9-15-8-6-7-10-18-15/h6-8,10,14H,5,9,11-13H2,1-4H3,(H,19,23). The summed E-state index contributed by atoms with van der Waals surface area (Å²) in [6.45, 7) is 5.47. The van der Waals surface area contributed by atoms with Crippen LogP contribution in [-0.2, 0) is 11.2 Å². The molecular formula is C17H28N4O2. The highest BCUT2D eigenvalue weighted by Crippen LogP contribution is 2.02. The molecule has 0 radical (unpaired) electrons. The summed E-state index contributed by atoms with van der Waals surface area (Å²) in [5, 5.41) is 2.67. The number of aromatic nitrogens is 1. The fourth-order valence-corrected chi connectivity index (χ4v) is 2.05. The third-order valence-corrected chi connectivity index (χ3v) is 3.88. The monoisotopic (exact) mass is 320 g/mol. The van der Waals surface area contributed by atoms with Gasteiger partial charge in [-0.05, 0) is 18.1 Å². The summed E-state index contributed by atoms with van der Waals surface area (Å²) in [6, 6.07) is 5.52. The van der Waals surface area contributed by atoms with Crippen molar-refractivity contribution in [3.8, 4) is 0 Å². The van der Waals surface area contributed by atoms with Crippen molar-refractivity contribution in [1.82, 2.24) is 20.1 Å². The van der Waals surface area contributed by atoms with Crippen molar-refractivity contribution < 1.29 is 9.59 Å². The van der Waals surface area contributed by atoms with Gasteiger partial charge in [0.25, 0.3) is 0 Å². The van der Waals surface area contributed by atoms with Crippen LogP contribution in [0.2, 0.25) is 0 Å². The second kappa shape index (κ2) is 9.82. The number of hydrogen-bond acceptors (Lipinski definition) is 3. The molecule has 0 aromatic carbocycles. The molecule has 6 heteroatoms. The Morgan fingerprint density at radius 1 is 1.26 bits per heavy atom. The molecule has 0 saturated carbocycles. The number of carbonyl (C=O) groups excluding carboxylic acids is 2. The van der Waals surface area contributed by atoms with Crippen LogP contribution in [0.15, 0.2) is 24.4 Å². The maximum atomic E-state index is 12.0. The fourth-order valence-electron chi connectivity index (χ4n) is 2.05. The van der Waals surface area contributed by atoms with Crippen LogP contribution in [0.25, 0.3) is 0 Å². The number of nitrogens with one attached hydrogen (secondary N) is 1. The van der Waals surface area contributed by atoms with Gasteiger partial charge < -0.3 is 15.1 Å². The zero-order valence-electron chi connectivity index (χ0n) is 14.6. The SMILES string of the molecule is CCC(C)CN(C)C(=O)NCC(=O)N(C)CCc1ccccn1. The summed E-state index contributed by atoms with van der Waals surface area (Å²) in [5.74, 6) is 0.341. The molecule has 0 aliphatic rings. The average molecular weight is 320 g/mol. The zero-order valence-corrected chi connectivity index (χ0v) is 14.6. The number of nitrogens with zero attached hydrogens (tertiary/aromatic N) is 3. The van der Waals surface area contributed by atoms with Gasteiger partial charge in [0.15, 0.2) is 0 Å². The molecule has 3 amide bonds. The third kappa shape index (κ3) is 7.13. The minimum atomic E-state index is -0.211. The molecule has 128 valence electrons. The van der Waals surface area contributed by atoms with Gasteiger partial charge in [0.2, 0.25) is 5.91 Å². The van der Waals surface area contributed by atoms with E-state index in [2.05, 4.69) is 24.1 Å². The van der Waals surface area contributed by atoms with Crippen molar-refractivity contribution in [2.45, 2.75) is 26.7 Å². The Morgan fingerprint density at radius 2 is 2.00 bits per heavy atom. The molecule has 0 saturated heterocycles. The predicted octanol–water partition coefficient (Wildman–Crippen LogP) is 1.77. The average Bonchev–Trinajstić information content (AvgIpc) is 2.57. The zero-order chi connectivity index (χ0) is 17.2. The van der Waals surface area contributed by atoms with Gasteiger partial charge in [-0.1, -0.05) is 26.3 Å². The van der Waals surface area contributed by atoms with E-state index >= 15 is 0 Å². The van der Waals surface area contributed by atoms with Crippen molar-refractivity contribution in [2.75, 3.05) is 33.7 Å². The second-order valence-corrected chi connectivity index (χ2v) is 5.94. The van der Waals surface area contributed by atoms with E-state index in [9.17, 15) is 9.59 Å². The summed E-state index contributed by atoms with van der Waals surface area (Å²) in [5.41, 5.74) is 0.949. The molecule has 23 heavy (non-hydrogen) atoms. The first-order valence-electron chi connectivity index (χ1n) is 8.06. The van der Waals surface area contributed by atoms with Gasteiger partial charge in [0, 0.05) is 45.5 Å². The normalized spacial score (nSPS) is 11.7. The highest BCUT2D eigenvalue weighted by atomic mass is 16.2. The lowest BCUT2D eigenvalue weighted by Gasteiger charge is -2.22. The van der Waals surface area contributed by atoms with Gasteiger partial charge in [-0.3, -0.25) is 9.78 Å². The number of hydrogen-bond donors (Lipinski definition) is 1. The summed E-state index contributed by atoms with van der Waals surface area (Å²) in [6.07, 6.45) is 3.46. The molecule has 1 unspecified atom stereocenters. The molecule has 1 N–H and O–H groups in total. The van der Waals surface area contributed by atoms with Crippen LogP contribution in [-0.4, -0.2) is 60.5 Å². The number of likely N-dealkylation sites (N-methyl/N-ethyl adjacent to an activating group) is 1. The van der Waals surface area contributed by atoms with Crippen LogP contribution >= 0.6 is 0 Å². The molecular weight excluding hydrogens is 292 g/mol. The second-order valence-electron chi connectivity index (χ2n) is 5.94. The summed E-state index contributed by atoms with van der Waals surface area (Å²) < 4.78 is 0. The van der Waals surface area contributed by atoms with Crippen LogP contribution in [0.4, 0.5) is 4.79 Å². The Morgan fingerprint density at radius 3 is 2.61 bits per heavy atom. The molecule has 1 aromatic heterocycles. The lowest BCUT2D eigenvalue weighted by atomic mass is 10.1. The van der Waals surface area contributed by atoms with Crippen molar-refractivity contribution >= 4 is 11.9 Å². The molecule has 6 nitrogen and oxygen atoms in total. The Hall–Kier alpha value is -2.11. The lowest BCUT2D eigenvalue weighted by molar-refractivity contribution is -0.128. The molecule has 1 rings (SSSR count). The number of urea groups is 1. The fraction of sp³-hybridized carbons (Fsp3) is 0.588. The van der Waals surface area contributed by atoms with E-state index in [1.54, 1.807) is 30.1 Å². The summed E-state index contributed by atoms with van der Waals surface area (Å²) >= 11 is 0. The van der Waals surface area contributed by atoms with Gasteiger partial charge in [0.1, 0.15) is 0 Å². The number of carbonyl (C=O) groups is 2. The van der Waals surface area contributed by atoms with E-state index in [1.807, 2.05) is 18.2 Å². The maximum Gasteiger partial charge on any atom is 0.317 e. The van der Waals surface area contributed by atoms with Crippen LogP contribution in [0, 0.1) is 5.92 Å². The molecule has 1 heterocycles. The number of rotatable bonds is 8. The highest BCUT2D eigenvalue weighted by Gasteiger charge is 2.14. The van der Waals surface area contributed by atoms with Crippen LogP contribution in [0.3, 0.4) is 0 Å². The summed E-state index contributed by atoms with van der Waals surface area (Å²) in [4.78, 5) is 31.4. The maximum absolute atomic E-state index is 12.0. The minimum absolute atomic E-state index is 0.0163. The van der Waals surface area contributed by atoms with Crippen LogP contribution in [0.5, 0.6) is 0 Å². The Kier molecular flexibility index (Phi) is 8.08. The van der Waals surface area contributed by atoms with E-state index in [0.29, 0.717) is 25.4 Å². The van der Waals surface area contributed by atoms with Crippen molar-refractivity contribution in [1.29, 1.82) is 0 Å². The molecule has 1 aromatic rings. The smallest absolute Gasteiger partial charge is 0.317 e. The van der Waals surface area contributed by atoms with Crippen molar-refractivity contribution in [3.63, 3.8) is 0 Å². The van der Waals surface area contributed by atoms with E-state index in [4.69, 9.17) is 0 Å². The molecule has 1 atom stereocenters. The first-order chi connectivity index (χ1) is 10.9. The Labute approximate surface area is 138 Å². The lowest BCUT2D eigenvalue weighted by Crippen LogP contribution is -2.44. The van der Waals surface area contributed by atoms with Crippen molar-refractivity contribution in [2.24, 2.45) is 5.92 Å². The van der Waals surface area contributed by atoms with Crippen LogP contribution in [0.1, 0.15) is 26.0 Å². The molecule has 0 bridgehead atoms. The van der Waals surface area contributed by atoms with Crippen molar-refractivity contribution in [3.05, 3.63) is 30.1 Å². The highest BCUT2D eigenvalue weighted by molar-refractivity contribution is 5.83. The minimum Gasteiger partial charge on any atom is -0.344 e. The van der Waals surface area contributed by atoms with E-state index in [1.165, 1.54) is 0 Å². The van der Waals surface area contributed by atoms with Crippen LogP contribution < -0.4 is 5.32 Å². The molecule has 0 spiro atoms. The largest absolute Gasteiger partial charge is 0.344 e. The first-order valence-corrected chi connectivity index (χ1v) is 8.06. The molecule has 0 fully saturated rings. The topological polar surface area (TPSA) is 65.5 Å². The Bertz CT molecular complexity index is 493.